The van der Waals surface area contributed by atoms with E-state index in [4.69, 9.17) is 4.74 Å². The maximum atomic E-state index is 5.42. The zero-order valence-corrected chi connectivity index (χ0v) is 10.1. The Balaban J connectivity index is 2.06. The average molecular weight is 229 g/mol. The summed E-state index contributed by atoms with van der Waals surface area (Å²) in [4.78, 5) is 0. The Bertz CT molecular complexity index is 545. The zero-order chi connectivity index (χ0) is 11.8. The SMILES string of the molecule is CC(C)n1cnnc1-c1ccc2c(c1)COC2. The Kier molecular flexibility index (Phi) is 2.44. The number of ether oxygens (including phenoxy) is 1. The fourth-order valence-electron chi connectivity index (χ4n) is 2.14. The standard InChI is InChI=1S/C13H15N3O/c1-9(2)16-8-14-15-13(16)10-3-4-11-6-17-7-12(11)5-10/h3-5,8-9H,6-7H2,1-2H3. The van der Waals surface area contributed by atoms with Crippen molar-refractivity contribution >= 4 is 0 Å². The topological polar surface area (TPSA) is 39.9 Å². The number of aromatic nitrogens is 3. The highest BCUT2D eigenvalue weighted by atomic mass is 16.5. The van der Waals surface area contributed by atoms with E-state index in [0.717, 1.165) is 18.0 Å². The van der Waals surface area contributed by atoms with E-state index in [2.05, 4.69) is 46.8 Å². The highest BCUT2D eigenvalue weighted by molar-refractivity contribution is 5.58. The van der Waals surface area contributed by atoms with Crippen LogP contribution in [-0.2, 0) is 18.0 Å². The van der Waals surface area contributed by atoms with Gasteiger partial charge in [-0.15, -0.1) is 10.2 Å². The fourth-order valence-corrected chi connectivity index (χ4v) is 2.14. The van der Waals surface area contributed by atoms with Crippen molar-refractivity contribution in [1.29, 1.82) is 0 Å². The van der Waals surface area contributed by atoms with E-state index >= 15 is 0 Å². The van der Waals surface area contributed by atoms with Gasteiger partial charge in [-0.2, -0.15) is 0 Å². The third-order valence-electron chi connectivity index (χ3n) is 3.11. The van der Waals surface area contributed by atoms with Gasteiger partial charge in [0.1, 0.15) is 6.33 Å². The molecule has 0 atom stereocenters. The molecule has 0 fully saturated rings. The van der Waals surface area contributed by atoms with Crippen LogP contribution in [0.3, 0.4) is 0 Å². The number of nitrogens with zero attached hydrogens (tertiary/aromatic N) is 3. The lowest BCUT2D eigenvalue weighted by Crippen LogP contribution is -2.02. The number of hydrogen-bond donors (Lipinski definition) is 0. The van der Waals surface area contributed by atoms with Crippen LogP contribution in [0.4, 0.5) is 0 Å². The van der Waals surface area contributed by atoms with Crippen molar-refractivity contribution in [2.24, 2.45) is 0 Å². The van der Waals surface area contributed by atoms with E-state index in [1.807, 2.05) is 0 Å². The van der Waals surface area contributed by atoms with E-state index < -0.39 is 0 Å². The molecule has 17 heavy (non-hydrogen) atoms. The van der Waals surface area contributed by atoms with Crippen LogP contribution in [0.15, 0.2) is 24.5 Å². The minimum Gasteiger partial charge on any atom is -0.372 e. The molecule has 0 saturated carbocycles. The lowest BCUT2D eigenvalue weighted by molar-refractivity contribution is 0.134. The summed E-state index contributed by atoms with van der Waals surface area (Å²) in [6.45, 7) is 5.69. The molecule has 0 amide bonds. The molecule has 1 aromatic carbocycles. The molecule has 0 bridgehead atoms. The zero-order valence-electron chi connectivity index (χ0n) is 10.1. The summed E-state index contributed by atoms with van der Waals surface area (Å²) in [5, 5.41) is 8.20. The Morgan fingerprint density at radius 1 is 1.24 bits per heavy atom. The number of hydrogen-bond acceptors (Lipinski definition) is 3. The molecule has 0 aliphatic carbocycles. The molecule has 3 rings (SSSR count). The van der Waals surface area contributed by atoms with Crippen molar-refractivity contribution in [3.05, 3.63) is 35.7 Å². The monoisotopic (exact) mass is 229 g/mol. The van der Waals surface area contributed by atoms with Gasteiger partial charge in [-0.3, -0.25) is 0 Å². The van der Waals surface area contributed by atoms with E-state index in [-0.39, 0.29) is 0 Å². The van der Waals surface area contributed by atoms with Gasteiger partial charge >= 0.3 is 0 Å². The smallest absolute Gasteiger partial charge is 0.163 e. The largest absolute Gasteiger partial charge is 0.372 e. The second-order valence-corrected chi connectivity index (χ2v) is 4.63. The quantitative estimate of drug-likeness (QED) is 0.794. The fraction of sp³-hybridized carbons (Fsp3) is 0.385. The predicted octanol–water partition coefficient (Wildman–Crippen LogP) is 2.56. The number of benzene rings is 1. The summed E-state index contributed by atoms with van der Waals surface area (Å²) in [7, 11) is 0. The molecule has 88 valence electrons. The van der Waals surface area contributed by atoms with Gasteiger partial charge in [0.2, 0.25) is 0 Å². The second kappa shape index (κ2) is 3.96. The van der Waals surface area contributed by atoms with Crippen molar-refractivity contribution in [3.8, 4) is 11.4 Å². The van der Waals surface area contributed by atoms with Crippen LogP contribution in [0.1, 0.15) is 31.0 Å². The summed E-state index contributed by atoms with van der Waals surface area (Å²) in [5.41, 5.74) is 3.66. The molecular formula is C13H15N3O. The average Bonchev–Trinajstić information content (AvgIpc) is 2.96. The number of fused-ring (bicyclic) bond motifs is 1. The maximum Gasteiger partial charge on any atom is 0.163 e. The molecule has 1 aromatic heterocycles. The highest BCUT2D eigenvalue weighted by Crippen LogP contribution is 2.26. The summed E-state index contributed by atoms with van der Waals surface area (Å²) < 4.78 is 7.50. The van der Waals surface area contributed by atoms with Gasteiger partial charge in [0.15, 0.2) is 5.82 Å². The van der Waals surface area contributed by atoms with E-state index in [1.54, 1.807) is 6.33 Å². The summed E-state index contributed by atoms with van der Waals surface area (Å²) in [5.74, 6) is 0.926. The molecule has 0 radical (unpaired) electrons. The summed E-state index contributed by atoms with van der Waals surface area (Å²) in [6.07, 6.45) is 1.78. The van der Waals surface area contributed by atoms with E-state index in [0.29, 0.717) is 12.6 Å². The van der Waals surface area contributed by atoms with Gasteiger partial charge < -0.3 is 9.30 Å². The van der Waals surface area contributed by atoms with Crippen LogP contribution in [-0.4, -0.2) is 14.8 Å². The third kappa shape index (κ3) is 1.74. The normalized spacial score (nSPS) is 14.3. The van der Waals surface area contributed by atoms with Crippen molar-refractivity contribution in [1.82, 2.24) is 14.8 Å². The minimum atomic E-state index is 0.365. The lowest BCUT2D eigenvalue weighted by Gasteiger charge is -2.10. The van der Waals surface area contributed by atoms with Crippen LogP contribution < -0.4 is 0 Å². The lowest BCUT2D eigenvalue weighted by atomic mass is 10.1. The van der Waals surface area contributed by atoms with Gasteiger partial charge in [0.25, 0.3) is 0 Å². The number of rotatable bonds is 2. The van der Waals surface area contributed by atoms with Crippen LogP contribution in [0.2, 0.25) is 0 Å². The van der Waals surface area contributed by atoms with Gasteiger partial charge in [-0.05, 0) is 31.0 Å². The Morgan fingerprint density at radius 2 is 2.06 bits per heavy atom. The van der Waals surface area contributed by atoms with Crippen molar-refractivity contribution < 1.29 is 4.74 Å². The molecular weight excluding hydrogens is 214 g/mol. The first-order valence-corrected chi connectivity index (χ1v) is 5.85. The third-order valence-corrected chi connectivity index (χ3v) is 3.11. The molecule has 1 aliphatic heterocycles. The Morgan fingerprint density at radius 3 is 2.88 bits per heavy atom. The summed E-state index contributed by atoms with van der Waals surface area (Å²) >= 11 is 0. The van der Waals surface area contributed by atoms with Crippen LogP contribution in [0, 0.1) is 0 Å². The Labute approximate surface area is 100 Å². The van der Waals surface area contributed by atoms with Crippen molar-refractivity contribution in [2.45, 2.75) is 33.1 Å². The summed E-state index contributed by atoms with van der Waals surface area (Å²) in [6, 6.07) is 6.74. The molecule has 0 spiro atoms. The van der Waals surface area contributed by atoms with Gasteiger partial charge in [0.05, 0.1) is 13.2 Å². The molecule has 1 aliphatic rings. The predicted molar refractivity (Wildman–Crippen MR) is 64.3 cm³/mol. The van der Waals surface area contributed by atoms with Crippen LogP contribution in [0.25, 0.3) is 11.4 Å². The van der Waals surface area contributed by atoms with Gasteiger partial charge in [-0.25, -0.2) is 0 Å². The van der Waals surface area contributed by atoms with E-state index in [9.17, 15) is 0 Å². The molecule has 0 N–H and O–H groups in total. The molecule has 0 unspecified atom stereocenters. The minimum absolute atomic E-state index is 0.365. The highest BCUT2D eigenvalue weighted by Gasteiger charge is 2.15. The van der Waals surface area contributed by atoms with Crippen LogP contribution >= 0.6 is 0 Å². The first-order chi connectivity index (χ1) is 8.25. The van der Waals surface area contributed by atoms with Crippen molar-refractivity contribution in [2.75, 3.05) is 0 Å². The molecule has 4 nitrogen and oxygen atoms in total. The maximum absolute atomic E-state index is 5.42. The first kappa shape index (κ1) is 10.5. The van der Waals surface area contributed by atoms with Gasteiger partial charge in [-0.1, -0.05) is 12.1 Å². The first-order valence-electron chi connectivity index (χ1n) is 5.85. The van der Waals surface area contributed by atoms with E-state index in [1.165, 1.54) is 11.1 Å². The molecule has 0 saturated heterocycles. The van der Waals surface area contributed by atoms with Crippen molar-refractivity contribution in [3.63, 3.8) is 0 Å². The Hall–Kier alpha value is -1.68. The molecule has 4 heteroatoms. The molecule has 2 heterocycles. The molecule has 2 aromatic rings. The van der Waals surface area contributed by atoms with Gasteiger partial charge in [0, 0.05) is 11.6 Å². The second-order valence-electron chi connectivity index (χ2n) is 4.63. The van der Waals surface area contributed by atoms with Crippen LogP contribution in [0.5, 0.6) is 0 Å².